The summed E-state index contributed by atoms with van der Waals surface area (Å²) < 4.78 is 39.4. The molecule has 1 aromatic rings. The molecule has 0 unspecified atom stereocenters. The third kappa shape index (κ3) is 2.24. The summed E-state index contributed by atoms with van der Waals surface area (Å²) in [6, 6.07) is 3.39. The fraction of sp³-hybridized carbons (Fsp3) is 0.467. The van der Waals surface area contributed by atoms with Crippen LogP contribution in [0.25, 0.3) is 0 Å². The molecule has 22 heavy (non-hydrogen) atoms. The second kappa shape index (κ2) is 5.00. The predicted octanol–water partition coefficient (Wildman–Crippen LogP) is 3.27. The molecule has 2 aliphatic rings. The summed E-state index contributed by atoms with van der Waals surface area (Å²) in [4.78, 5) is 26.9. The smallest absolute Gasteiger partial charge is 0.312 e. The number of fused-ring (bicyclic) bond motifs is 1. The number of urea groups is 1. The van der Waals surface area contributed by atoms with Crippen LogP contribution in [0.4, 0.5) is 23.7 Å². The number of imide groups is 1. The number of hydrogen-bond acceptors (Lipinski definition) is 2. The molecule has 2 saturated heterocycles. The van der Waals surface area contributed by atoms with Gasteiger partial charge in [0.1, 0.15) is 6.04 Å². The van der Waals surface area contributed by atoms with Crippen LogP contribution in [0.15, 0.2) is 24.3 Å². The van der Waals surface area contributed by atoms with Gasteiger partial charge in [0.25, 0.3) is 5.91 Å². The summed E-state index contributed by atoms with van der Waals surface area (Å²) in [5.41, 5.74) is -1.35. The van der Waals surface area contributed by atoms with E-state index in [0.29, 0.717) is 17.9 Å². The Morgan fingerprint density at radius 1 is 1.18 bits per heavy atom. The number of carbonyl (C=O) groups excluding carboxylic acids is 2. The van der Waals surface area contributed by atoms with Gasteiger partial charge >= 0.3 is 12.2 Å². The van der Waals surface area contributed by atoms with Gasteiger partial charge < -0.3 is 4.90 Å². The zero-order chi connectivity index (χ0) is 16.1. The molecule has 7 heteroatoms. The molecule has 3 rings (SSSR count). The lowest BCUT2D eigenvalue weighted by atomic mass is 9.93. The zero-order valence-electron chi connectivity index (χ0n) is 11.9. The van der Waals surface area contributed by atoms with Crippen molar-refractivity contribution in [3.05, 3.63) is 29.8 Å². The summed E-state index contributed by atoms with van der Waals surface area (Å²) >= 11 is 0. The maximum absolute atomic E-state index is 13.1. The van der Waals surface area contributed by atoms with Gasteiger partial charge in [-0.15, -0.1) is 0 Å². The second-order valence-corrected chi connectivity index (χ2v) is 5.81. The molecule has 118 valence electrons. The molecular formula is C15H15F3N2O2. The number of alkyl halides is 3. The van der Waals surface area contributed by atoms with Crippen molar-refractivity contribution in [3.8, 4) is 0 Å². The highest BCUT2D eigenvalue weighted by Crippen LogP contribution is 2.40. The highest BCUT2D eigenvalue weighted by Gasteiger charge is 2.49. The van der Waals surface area contributed by atoms with Gasteiger partial charge in [0.05, 0.1) is 11.3 Å². The van der Waals surface area contributed by atoms with E-state index >= 15 is 0 Å². The summed E-state index contributed by atoms with van der Waals surface area (Å²) in [5.74, 6) is -0.288. The number of piperidine rings is 1. The molecule has 2 aliphatic heterocycles. The molecule has 0 bridgehead atoms. The molecule has 0 aliphatic carbocycles. The highest BCUT2D eigenvalue weighted by molar-refractivity contribution is 6.21. The molecule has 0 N–H and O–H groups in total. The van der Waals surface area contributed by atoms with E-state index in [2.05, 4.69) is 0 Å². The van der Waals surface area contributed by atoms with Crippen LogP contribution in [0.2, 0.25) is 0 Å². The van der Waals surface area contributed by atoms with E-state index in [0.717, 1.165) is 12.5 Å². The van der Waals surface area contributed by atoms with Crippen molar-refractivity contribution in [1.29, 1.82) is 0 Å². The van der Waals surface area contributed by atoms with Crippen LogP contribution in [0.5, 0.6) is 0 Å². The number of amides is 3. The number of hydrogen-bond donors (Lipinski definition) is 0. The van der Waals surface area contributed by atoms with Crippen molar-refractivity contribution >= 4 is 17.6 Å². The molecule has 0 aromatic heterocycles. The van der Waals surface area contributed by atoms with Gasteiger partial charge in [0.2, 0.25) is 0 Å². The van der Waals surface area contributed by atoms with Crippen LogP contribution in [0.3, 0.4) is 0 Å². The van der Waals surface area contributed by atoms with Crippen molar-refractivity contribution in [3.63, 3.8) is 0 Å². The molecular weight excluding hydrogens is 297 g/mol. The minimum Gasteiger partial charge on any atom is -0.312 e. The van der Waals surface area contributed by atoms with Gasteiger partial charge in [-0.05, 0) is 30.9 Å². The molecule has 2 fully saturated rings. The molecule has 1 aromatic carbocycles. The first-order chi connectivity index (χ1) is 10.3. The lowest BCUT2D eigenvalue weighted by molar-refractivity contribution is -0.137. The molecule has 4 nitrogen and oxygen atoms in total. The first-order valence-corrected chi connectivity index (χ1v) is 7.11. The van der Waals surface area contributed by atoms with Gasteiger partial charge in [-0.1, -0.05) is 19.1 Å². The fourth-order valence-corrected chi connectivity index (χ4v) is 3.11. The van der Waals surface area contributed by atoms with Crippen LogP contribution in [0.1, 0.15) is 25.3 Å². The van der Waals surface area contributed by atoms with Crippen molar-refractivity contribution in [1.82, 2.24) is 4.90 Å². The molecule has 0 spiro atoms. The maximum Gasteiger partial charge on any atom is 0.418 e. The molecule has 2 atom stereocenters. The van der Waals surface area contributed by atoms with Gasteiger partial charge in [-0.25, -0.2) is 9.69 Å². The maximum atomic E-state index is 13.1. The van der Waals surface area contributed by atoms with E-state index in [9.17, 15) is 22.8 Å². The number of anilines is 1. The van der Waals surface area contributed by atoms with E-state index in [4.69, 9.17) is 0 Å². The average molecular weight is 312 g/mol. The van der Waals surface area contributed by atoms with E-state index < -0.39 is 29.7 Å². The number of nitrogens with zero attached hydrogens (tertiary/aromatic N) is 2. The predicted molar refractivity (Wildman–Crippen MR) is 73.2 cm³/mol. The Kier molecular flexibility index (Phi) is 3.38. The van der Waals surface area contributed by atoms with Crippen LogP contribution in [-0.4, -0.2) is 29.4 Å². The first kappa shape index (κ1) is 14.9. The number of rotatable bonds is 1. The van der Waals surface area contributed by atoms with Crippen LogP contribution in [-0.2, 0) is 11.0 Å². The summed E-state index contributed by atoms with van der Waals surface area (Å²) in [5, 5.41) is 0. The van der Waals surface area contributed by atoms with Gasteiger partial charge in [0, 0.05) is 6.54 Å². The minimum absolute atomic E-state index is 0.274. The van der Waals surface area contributed by atoms with E-state index in [1.807, 2.05) is 6.92 Å². The molecule has 0 radical (unpaired) electrons. The van der Waals surface area contributed by atoms with Crippen LogP contribution < -0.4 is 4.90 Å². The number of carbonyl (C=O) groups is 2. The summed E-state index contributed by atoms with van der Waals surface area (Å²) in [7, 11) is 0. The number of para-hydroxylation sites is 1. The first-order valence-electron chi connectivity index (χ1n) is 7.11. The number of halogens is 3. The third-order valence-corrected chi connectivity index (χ3v) is 4.26. The Bertz CT molecular complexity index is 629. The van der Waals surface area contributed by atoms with Gasteiger partial charge in [-0.2, -0.15) is 13.2 Å². The van der Waals surface area contributed by atoms with Crippen LogP contribution >= 0.6 is 0 Å². The largest absolute Gasteiger partial charge is 0.418 e. The second-order valence-electron chi connectivity index (χ2n) is 5.81. The molecule has 0 saturated carbocycles. The van der Waals surface area contributed by atoms with Crippen LogP contribution in [0, 0.1) is 5.92 Å². The lowest BCUT2D eigenvalue weighted by Gasteiger charge is -2.30. The normalized spacial score (nSPS) is 25.6. The number of benzene rings is 1. The Morgan fingerprint density at radius 3 is 2.55 bits per heavy atom. The average Bonchev–Trinajstić information content (AvgIpc) is 2.69. The lowest BCUT2D eigenvalue weighted by Crippen LogP contribution is -2.41. The third-order valence-electron chi connectivity index (χ3n) is 4.26. The Balaban J connectivity index is 2.03. The van der Waals surface area contributed by atoms with E-state index in [1.165, 1.54) is 23.1 Å². The molecule has 3 amide bonds. The monoisotopic (exact) mass is 312 g/mol. The Labute approximate surface area is 125 Å². The fourth-order valence-electron chi connectivity index (χ4n) is 3.11. The van der Waals surface area contributed by atoms with Crippen molar-refractivity contribution in [2.45, 2.75) is 32.0 Å². The highest BCUT2D eigenvalue weighted by atomic mass is 19.4. The van der Waals surface area contributed by atoms with Crippen molar-refractivity contribution < 1.29 is 22.8 Å². The Hall–Kier alpha value is -2.05. The quantitative estimate of drug-likeness (QED) is 0.747. The zero-order valence-corrected chi connectivity index (χ0v) is 11.9. The van der Waals surface area contributed by atoms with Crippen molar-refractivity contribution in [2.75, 3.05) is 11.4 Å². The van der Waals surface area contributed by atoms with Crippen molar-refractivity contribution in [2.24, 2.45) is 5.92 Å². The van der Waals surface area contributed by atoms with Gasteiger partial charge in [-0.3, -0.25) is 4.79 Å². The van der Waals surface area contributed by atoms with E-state index in [-0.39, 0.29) is 11.6 Å². The standard InChI is InChI=1S/C15H15F3N2O2/c1-9-6-7-19-12(8-9)13(21)20(14(19)22)11-5-3-2-4-10(11)15(16,17)18/h2-5,9,12H,6-8H2,1H3/t9-,12+/m1/s1. The SMILES string of the molecule is C[C@@H]1CCN2C(=O)N(c3ccccc3C(F)(F)F)C(=O)[C@@H]2C1. The summed E-state index contributed by atoms with van der Waals surface area (Å²) in [6.45, 7) is 2.38. The minimum atomic E-state index is -4.62. The Morgan fingerprint density at radius 2 is 1.86 bits per heavy atom. The molecule has 2 heterocycles. The summed E-state index contributed by atoms with van der Waals surface area (Å²) in [6.07, 6.45) is -3.37. The topological polar surface area (TPSA) is 40.6 Å². The van der Waals surface area contributed by atoms with E-state index in [1.54, 1.807) is 0 Å². The van der Waals surface area contributed by atoms with Gasteiger partial charge in [0.15, 0.2) is 0 Å².